The van der Waals surface area contributed by atoms with Gasteiger partial charge in [-0.1, -0.05) is 0 Å². The monoisotopic (exact) mass is 364 g/mol. The van der Waals surface area contributed by atoms with Crippen LogP contribution in [0.15, 0.2) is 42.5 Å². The first-order valence-corrected chi connectivity index (χ1v) is 7.76. The molecule has 136 valence electrons. The highest BCUT2D eigenvalue weighted by Crippen LogP contribution is 2.31. The molecule has 2 aromatic rings. The Morgan fingerprint density at radius 1 is 1.12 bits per heavy atom. The lowest BCUT2D eigenvalue weighted by Gasteiger charge is -2.15. The van der Waals surface area contributed by atoms with E-state index < -0.39 is 23.7 Å². The molecule has 0 fully saturated rings. The quantitative estimate of drug-likeness (QED) is 0.873. The van der Waals surface area contributed by atoms with Crippen LogP contribution in [-0.2, 0) is 17.3 Å². The second kappa shape index (κ2) is 6.70. The third kappa shape index (κ3) is 3.49. The minimum Gasteiger partial charge on any atom is -0.452 e. The number of alkyl halides is 3. The van der Waals surface area contributed by atoms with Crippen LogP contribution in [0.3, 0.4) is 0 Å². The van der Waals surface area contributed by atoms with Crippen LogP contribution in [0.4, 0.5) is 29.3 Å². The number of fused-ring (bicyclic) bond motifs is 1. The fourth-order valence-corrected chi connectivity index (χ4v) is 2.79. The Balaban J connectivity index is 1.74. The van der Waals surface area contributed by atoms with Crippen molar-refractivity contribution in [2.24, 2.45) is 0 Å². The molecule has 0 radical (unpaired) electrons. The van der Waals surface area contributed by atoms with Crippen molar-refractivity contribution in [3.8, 4) is 0 Å². The fraction of sp³-hybridized carbons (Fsp3) is 0.222. The minimum atomic E-state index is -4.44. The number of rotatable bonds is 2. The molecule has 1 aliphatic rings. The topological polar surface area (TPSA) is 58.6 Å². The van der Waals surface area contributed by atoms with Gasteiger partial charge in [0.25, 0.3) is 5.91 Å². The average Bonchev–Trinajstić information content (AvgIpc) is 3.03. The predicted octanol–water partition coefficient (Wildman–Crippen LogP) is 4.09. The van der Waals surface area contributed by atoms with Crippen LogP contribution in [0.25, 0.3) is 0 Å². The van der Waals surface area contributed by atoms with Crippen LogP contribution in [-0.4, -0.2) is 25.7 Å². The van der Waals surface area contributed by atoms with Gasteiger partial charge in [-0.2, -0.15) is 13.2 Å². The lowest BCUT2D eigenvalue weighted by Crippen LogP contribution is -2.28. The molecule has 0 unspecified atom stereocenters. The molecule has 1 N–H and O–H groups in total. The summed E-state index contributed by atoms with van der Waals surface area (Å²) in [5.74, 6) is -0.513. The van der Waals surface area contributed by atoms with Crippen LogP contribution in [0.1, 0.15) is 21.5 Å². The number of amides is 2. The normalized spacial score (nSPS) is 13.3. The molecule has 0 atom stereocenters. The molecule has 1 heterocycles. The number of halogens is 3. The number of ether oxygens (including phenoxy) is 1. The van der Waals surface area contributed by atoms with Gasteiger partial charge in [-0.25, -0.2) is 4.79 Å². The van der Waals surface area contributed by atoms with Gasteiger partial charge < -0.3 is 10.1 Å². The molecule has 1 aliphatic heterocycles. The van der Waals surface area contributed by atoms with Crippen molar-refractivity contribution in [3.63, 3.8) is 0 Å². The fourth-order valence-electron chi connectivity index (χ4n) is 2.79. The third-order valence-electron chi connectivity index (χ3n) is 4.10. The van der Waals surface area contributed by atoms with Gasteiger partial charge >= 0.3 is 12.3 Å². The molecular formula is C18H15F3N2O3. The number of anilines is 2. The summed E-state index contributed by atoms with van der Waals surface area (Å²) in [4.78, 5) is 25.4. The van der Waals surface area contributed by atoms with Gasteiger partial charge in [0.05, 0.1) is 18.4 Å². The van der Waals surface area contributed by atoms with Crippen LogP contribution in [0.5, 0.6) is 0 Å². The highest BCUT2D eigenvalue weighted by molar-refractivity contribution is 6.04. The number of benzene rings is 2. The van der Waals surface area contributed by atoms with Crippen LogP contribution >= 0.6 is 0 Å². The van der Waals surface area contributed by atoms with E-state index in [1.54, 1.807) is 18.2 Å². The van der Waals surface area contributed by atoms with Crippen molar-refractivity contribution in [2.75, 3.05) is 23.9 Å². The second-order valence-electron chi connectivity index (χ2n) is 5.74. The van der Waals surface area contributed by atoms with E-state index in [1.165, 1.54) is 12.0 Å². The number of nitrogens with one attached hydrogen (secondary N) is 1. The van der Waals surface area contributed by atoms with E-state index >= 15 is 0 Å². The summed E-state index contributed by atoms with van der Waals surface area (Å²) in [6.07, 6.45) is -4.28. The smallest absolute Gasteiger partial charge is 0.416 e. The number of hydrogen-bond donors (Lipinski definition) is 1. The molecule has 0 aromatic heterocycles. The highest BCUT2D eigenvalue weighted by Gasteiger charge is 2.30. The van der Waals surface area contributed by atoms with E-state index in [4.69, 9.17) is 4.74 Å². The van der Waals surface area contributed by atoms with E-state index in [-0.39, 0.29) is 5.56 Å². The molecular weight excluding hydrogens is 349 g/mol. The largest absolute Gasteiger partial charge is 0.452 e. The Bertz CT molecular complexity index is 848. The van der Waals surface area contributed by atoms with Crippen molar-refractivity contribution in [1.82, 2.24) is 0 Å². The van der Waals surface area contributed by atoms with E-state index in [0.717, 1.165) is 29.8 Å². The molecule has 8 heteroatoms. The number of hydrogen-bond acceptors (Lipinski definition) is 3. The molecule has 2 aromatic carbocycles. The molecule has 0 bridgehead atoms. The molecule has 0 spiro atoms. The molecule has 0 saturated heterocycles. The van der Waals surface area contributed by atoms with Gasteiger partial charge in [0.2, 0.25) is 0 Å². The predicted molar refractivity (Wildman–Crippen MR) is 89.3 cm³/mol. The van der Waals surface area contributed by atoms with Gasteiger partial charge in [0.15, 0.2) is 0 Å². The maximum absolute atomic E-state index is 12.6. The average molecular weight is 364 g/mol. The zero-order valence-electron chi connectivity index (χ0n) is 13.8. The summed E-state index contributed by atoms with van der Waals surface area (Å²) in [6.45, 7) is 0.484. The number of nitrogens with zero attached hydrogens (tertiary/aromatic N) is 1. The van der Waals surface area contributed by atoms with Gasteiger partial charge in [-0.3, -0.25) is 9.69 Å². The summed E-state index contributed by atoms with van der Waals surface area (Å²) in [5, 5.41) is 2.65. The molecule has 2 amide bonds. The Kier molecular flexibility index (Phi) is 4.58. The number of methoxy groups -OCH3 is 1. The lowest BCUT2D eigenvalue weighted by molar-refractivity contribution is -0.137. The molecule has 26 heavy (non-hydrogen) atoms. The van der Waals surface area contributed by atoms with E-state index in [2.05, 4.69) is 5.32 Å². The van der Waals surface area contributed by atoms with Crippen molar-refractivity contribution in [3.05, 3.63) is 59.2 Å². The van der Waals surface area contributed by atoms with Gasteiger partial charge in [0, 0.05) is 17.8 Å². The SMILES string of the molecule is COC(=O)N1CCc2cc(NC(=O)c3ccc(C(F)(F)F)cc3)ccc21. The van der Waals surface area contributed by atoms with Crippen molar-refractivity contribution in [1.29, 1.82) is 0 Å². The zero-order chi connectivity index (χ0) is 18.9. The van der Waals surface area contributed by atoms with Crippen molar-refractivity contribution < 1.29 is 27.5 Å². The van der Waals surface area contributed by atoms with E-state index in [1.807, 2.05) is 0 Å². The Morgan fingerprint density at radius 3 is 2.42 bits per heavy atom. The Labute approximate surface area is 147 Å². The summed E-state index contributed by atoms with van der Waals surface area (Å²) in [5.41, 5.74) is 1.40. The summed E-state index contributed by atoms with van der Waals surface area (Å²) >= 11 is 0. The second-order valence-corrected chi connectivity index (χ2v) is 5.74. The van der Waals surface area contributed by atoms with E-state index in [9.17, 15) is 22.8 Å². The third-order valence-corrected chi connectivity index (χ3v) is 4.10. The molecule has 5 nitrogen and oxygen atoms in total. The maximum Gasteiger partial charge on any atom is 0.416 e. The van der Waals surface area contributed by atoms with Crippen molar-refractivity contribution in [2.45, 2.75) is 12.6 Å². The van der Waals surface area contributed by atoms with E-state index in [0.29, 0.717) is 24.3 Å². The number of carbonyl (C=O) groups is 2. The maximum atomic E-state index is 12.6. The Morgan fingerprint density at radius 2 is 1.81 bits per heavy atom. The zero-order valence-corrected chi connectivity index (χ0v) is 13.8. The van der Waals surface area contributed by atoms with Gasteiger partial charge in [-0.15, -0.1) is 0 Å². The number of carbonyl (C=O) groups excluding carboxylic acids is 2. The van der Waals surface area contributed by atoms with Crippen LogP contribution in [0, 0.1) is 0 Å². The summed E-state index contributed by atoms with van der Waals surface area (Å²) < 4.78 is 42.4. The minimum absolute atomic E-state index is 0.120. The first-order chi connectivity index (χ1) is 12.3. The van der Waals surface area contributed by atoms with Gasteiger partial charge in [0.1, 0.15) is 0 Å². The highest BCUT2D eigenvalue weighted by atomic mass is 19.4. The lowest BCUT2D eigenvalue weighted by atomic mass is 10.1. The van der Waals surface area contributed by atoms with Crippen LogP contribution < -0.4 is 10.2 Å². The first kappa shape index (κ1) is 17.8. The summed E-state index contributed by atoms with van der Waals surface area (Å²) in [6, 6.07) is 9.05. The van der Waals surface area contributed by atoms with Crippen molar-refractivity contribution >= 4 is 23.4 Å². The standard InChI is InChI=1S/C18H15F3N2O3/c1-26-17(25)23-9-8-12-10-14(6-7-15(12)23)22-16(24)11-2-4-13(5-3-11)18(19,20)21/h2-7,10H,8-9H2,1H3,(H,22,24). The molecule has 0 saturated carbocycles. The first-order valence-electron chi connectivity index (χ1n) is 7.76. The molecule has 0 aliphatic carbocycles. The summed E-state index contributed by atoms with van der Waals surface area (Å²) in [7, 11) is 1.30. The Hall–Kier alpha value is -3.03. The van der Waals surface area contributed by atoms with Crippen LogP contribution in [0.2, 0.25) is 0 Å². The molecule has 3 rings (SSSR count). The van der Waals surface area contributed by atoms with Gasteiger partial charge in [-0.05, 0) is 54.4 Å².